The third-order valence-corrected chi connectivity index (χ3v) is 8.64. The number of hydrogen-bond acceptors (Lipinski definition) is 4. The molecule has 46 heavy (non-hydrogen) atoms. The predicted molar refractivity (Wildman–Crippen MR) is 174 cm³/mol. The largest absolute Gasteiger partial charge is 0.481 e. The molecule has 0 fully saturated rings. The molecule has 6 nitrogen and oxygen atoms in total. The van der Waals surface area contributed by atoms with Crippen molar-refractivity contribution in [3.8, 4) is 11.1 Å². The van der Waals surface area contributed by atoms with Crippen molar-refractivity contribution in [3.05, 3.63) is 117 Å². The molecule has 2 amide bonds. The van der Waals surface area contributed by atoms with E-state index in [9.17, 15) is 27.6 Å². The minimum atomic E-state index is -4.60. The first-order chi connectivity index (χ1) is 22.1. The number of carboxylic acids is 1. The van der Waals surface area contributed by atoms with E-state index in [0.29, 0.717) is 22.3 Å². The van der Waals surface area contributed by atoms with Crippen LogP contribution in [-0.2, 0) is 22.2 Å². The normalized spacial score (nSPS) is 13.8. The summed E-state index contributed by atoms with van der Waals surface area (Å²) < 4.78 is 41.6. The van der Waals surface area contributed by atoms with Gasteiger partial charge in [-0.05, 0) is 113 Å². The Labute approximate surface area is 269 Å². The molecule has 3 aromatic carbocycles. The number of thiophene rings is 1. The van der Waals surface area contributed by atoms with Gasteiger partial charge in [-0.3, -0.25) is 14.4 Å². The van der Waals surface area contributed by atoms with Gasteiger partial charge in [0.1, 0.15) is 0 Å². The first kappa shape index (κ1) is 32.7. The third kappa shape index (κ3) is 8.51. The van der Waals surface area contributed by atoms with Crippen LogP contribution in [0.3, 0.4) is 0 Å². The summed E-state index contributed by atoms with van der Waals surface area (Å²) in [5.74, 6) is -2.64. The number of anilines is 1. The molecule has 3 N–H and O–H groups in total. The Morgan fingerprint density at radius 2 is 1.65 bits per heavy atom. The van der Waals surface area contributed by atoms with Crippen LogP contribution in [0.2, 0.25) is 0 Å². The SMILES string of the molecule is O=C(O)CCNC(=O)c1ccc(CC(C(=O)Nc2cc(-c3ccsc3)cc(C(F)(F)F)c2)c2ccc(C3=CCCCC3)cc2)cc1. The summed E-state index contributed by atoms with van der Waals surface area (Å²) in [7, 11) is 0. The summed E-state index contributed by atoms with van der Waals surface area (Å²) in [6, 6.07) is 19.7. The molecule has 1 aliphatic carbocycles. The Balaban J connectivity index is 1.42. The van der Waals surface area contributed by atoms with Crippen molar-refractivity contribution >= 4 is 40.4 Å². The molecular formula is C36H33F3N2O4S. The second-order valence-electron chi connectivity index (χ2n) is 11.2. The highest BCUT2D eigenvalue weighted by Crippen LogP contribution is 2.36. The van der Waals surface area contributed by atoms with Gasteiger partial charge in [0.15, 0.2) is 0 Å². The Kier molecular flexibility index (Phi) is 10.4. The van der Waals surface area contributed by atoms with E-state index in [1.807, 2.05) is 24.3 Å². The topological polar surface area (TPSA) is 95.5 Å². The van der Waals surface area contributed by atoms with Gasteiger partial charge in [0.05, 0.1) is 17.9 Å². The molecule has 5 rings (SSSR count). The molecule has 0 saturated heterocycles. The molecule has 0 radical (unpaired) electrons. The Morgan fingerprint density at radius 1 is 0.891 bits per heavy atom. The molecule has 1 unspecified atom stereocenters. The lowest BCUT2D eigenvalue weighted by molar-refractivity contribution is -0.138. The van der Waals surface area contributed by atoms with Crippen LogP contribution >= 0.6 is 11.3 Å². The molecule has 4 aromatic rings. The van der Waals surface area contributed by atoms with Crippen molar-refractivity contribution in [2.75, 3.05) is 11.9 Å². The molecule has 1 aromatic heterocycles. The molecule has 0 spiro atoms. The molecule has 1 atom stereocenters. The van der Waals surface area contributed by atoms with Gasteiger partial charge in [-0.15, -0.1) is 0 Å². The van der Waals surface area contributed by atoms with Gasteiger partial charge in [-0.1, -0.05) is 42.5 Å². The number of allylic oxidation sites excluding steroid dienone is 2. The van der Waals surface area contributed by atoms with E-state index in [1.54, 1.807) is 47.2 Å². The Bertz CT molecular complexity index is 1710. The number of carbonyl (C=O) groups excluding carboxylic acids is 2. The molecule has 238 valence electrons. The highest BCUT2D eigenvalue weighted by molar-refractivity contribution is 7.08. The zero-order valence-corrected chi connectivity index (χ0v) is 25.7. The number of rotatable bonds is 11. The molecule has 1 aliphatic rings. The number of hydrogen-bond donors (Lipinski definition) is 3. The van der Waals surface area contributed by atoms with Crippen LogP contribution in [0, 0.1) is 0 Å². The van der Waals surface area contributed by atoms with Gasteiger partial charge < -0.3 is 15.7 Å². The molecule has 0 bridgehead atoms. The van der Waals surface area contributed by atoms with Crippen molar-refractivity contribution in [1.29, 1.82) is 0 Å². The minimum absolute atomic E-state index is 0.00523. The highest BCUT2D eigenvalue weighted by atomic mass is 32.1. The van der Waals surface area contributed by atoms with E-state index in [0.717, 1.165) is 48.9 Å². The number of benzene rings is 3. The smallest absolute Gasteiger partial charge is 0.416 e. The zero-order chi connectivity index (χ0) is 32.7. The zero-order valence-electron chi connectivity index (χ0n) is 24.9. The van der Waals surface area contributed by atoms with Gasteiger partial charge in [-0.25, -0.2) is 0 Å². The number of aliphatic carboxylic acids is 1. The lowest BCUT2D eigenvalue weighted by Crippen LogP contribution is -2.26. The first-order valence-corrected chi connectivity index (χ1v) is 15.9. The summed E-state index contributed by atoms with van der Waals surface area (Å²) in [5.41, 5.74) is 4.30. The van der Waals surface area contributed by atoms with Crippen LogP contribution in [0.4, 0.5) is 18.9 Å². The number of halogens is 3. The number of amides is 2. The monoisotopic (exact) mass is 646 g/mol. The number of nitrogens with one attached hydrogen (secondary N) is 2. The molecular weight excluding hydrogens is 613 g/mol. The summed E-state index contributed by atoms with van der Waals surface area (Å²) >= 11 is 1.37. The fourth-order valence-electron chi connectivity index (χ4n) is 5.49. The van der Waals surface area contributed by atoms with Crippen LogP contribution in [0.25, 0.3) is 16.7 Å². The summed E-state index contributed by atoms with van der Waals surface area (Å²) in [6.07, 6.45) is 1.97. The lowest BCUT2D eigenvalue weighted by Gasteiger charge is -2.20. The van der Waals surface area contributed by atoms with Gasteiger partial charge in [0.2, 0.25) is 5.91 Å². The minimum Gasteiger partial charge on any atom is -0.481 e. The Hall–Kier alpha value is -4.70. The van der Waals surface area contributed by atoms with Crippen LogP contribution in [0.15, 0.2) is 89.6 Å². The lowest BCUT2D eigenvalue weighted by atomic mass is 9.88. The maximum atomic E-state index is 13.9. The predicted octanol–water partition coefficient (Wildman–Crippen LogP) is 8.56. The molecule has 0 aliphatic heterocycles. The van der Waals surface area contributed by atoms with Gasteiger partial charge >= 0.3 is 12.1 Å². The molecule has 10 heteroatoms. The maximum absolute atomic E-state index is 13.9. The third-order valence-electron chi connectivity index (χ3n) is 7.95. The standard InChI is InChI=1S/C36H33F3N2O4S/c37-36(38,39)30-19-29(28-15-17-46-22-28)20-31(21-30)41-35(45)32(26-12-10-25(11-13-26)24-4-2-1-3-5-24)18-23-6-8-27(9-7-23)34(44)40-16-14-33(42)43/h4,6-13,15,17,19-22,32H,1-3,5,14,16,18H2,(H,40,44)(H,41,45)(H,42,43). The molecule has 0 saturated carbocycles. The second kappa shape index (κ2) is 14.6. The fourth-order valence-corrected chi connectivity index (χ4v) is 6.16. The van der Waals surface area contributed by atoms with E-state index in [1.165, 1.54) is 16.9 Å². The van der Waals surface area contributed by atoms with Crippen molar-refractivity contribution < 1.29 is 32.7 Å². The van der Waals surface area contributed by atoms with E-state index in [4.69, 9.17) is 5.11 Å². The van der Waals surface area contributed by atoms with Gasteiger partial charge in [0, 0.05) is 17.8 Å². The van der Waals surface area contributed by atoms with Crippen molar-refractivity contribution in [2.24, 2.45) is 0 Å². The van der Waals surface area contributed by atoms with Crippen molar-refractivity contribution in [1.82, 2.24) is 5.32 Å². The van der Waals surface area contributed by atoms with E-state index in [2.05, 4.69) is 16.7 Å². The first-order valence-electron chi connectivity index (χ1n) is 15.0. The summed E-state index contributed by atoms with van der Waals surface area (Å²) in [6.45, 7) is -0.00523. The maximum Gasteiger partial charge on any atom is 0.416 e. The number of alkyl halides is 3. The van der Waals surface area contributed by atoms with Crippen LogP contribution in [-0.4, -0.2) is 29.4 Å². The van der Waals surface area contributed by atoms with E-state index >= 15 is 0 Å². The quantitative estimate of drug-likeness (QED) is 0.152. The fraction of sp³-hybridized carbons (Fsp3) is 0.250. The van der Waals surface area contributed by atoms with Crippen molar-refractivity contribution in [3.63, 3.8) is 0 Å². The molecule has 1 heterocycles. The number of carboxylic acid groups (broad SMARTS) is 1. The van der Waals surface area contributed by atoms with Crippen LogP contribution in [0.1, 0.15) is 70.6 Å². The van der Waals surface area contributed by atoms with Gasteiger partial charge in [0.25, 0.3) is 5.91 Å². The average Bonchev–Trinajstić information content (AvgIpc) is 3.59. The highest BCUT2D eigenvalue weighted by Gasteiger charge is 2.32. The van der Waals surface area contributed by atoms with Gasteiger partial charge in [-0.2, -0.15) is 24.5 Å². The van der Waals surface area contributed by atoms with E-state index in [-0.39, 0.29) is 25.1 Å². The van der Waals surface area contributed by atoms with Crippen molar-refractivity contribution in [2.45, 2.75) is 50.6 Å². The van der Waals surface area contributed by atoms with Crippen LogP contribution in [0.5, 0.6) is 0 Å². The summed E-state index contributed by atoms with van der Waals surface area (Å²) in [5, 5.41) is 17.6. The summed E-state index contributed by atoms with van der Waals surface area (Å²) in [4.78, 5) is 37.1. The van der Waals surface area contributed by atoms with E-state index < -0.39 is 35.4 Å². The second-order valence-corrected chi connectivity index (χ2v) is 12.0. The number of carbonyl (C=O) groups is 3. The Morgan fingerprint density at radius 3 is 2.28 bits per heavy atom. The van der Waals surface area contributed by atoms with Crippen LogP contribution < -0.4 is 10.6 Å². The average molecular weight is 647 g/mol.